The molecule has 2 aliphatic heterocycles. The summed E-state index contributed by atoms with van der Waals surface area (Å²) >= 11 is 0. The van der Waals surface area contributed by atoms with E-state index in [1.807, 2.05) is 0 Å². The number of aliphatic hydroxyl groups excluding tert-OH is 2. The number of nitrogens with zero attached hydrogens (tertiary/aromatic N) is 2. The lowest BCUT2D eigenvalue weighted by molar-refractivity contribution is -0.152. The third-order valence-electron chi connectivity index (χ3n) is 6.19. The van der Waals surface area contributed by atoms with Crippen LogP contribution in [0.5, 0.6) is 0 Å². The van der Waals surface area contributed by atoms with Crippen molar-refractivity contribution in [3.8, 4) is 0 Å². The van der Waals surface area contributed by atoms with E-state index in [4.69, 9.17) is 5.73 Å². The molecule has 3 rings (SSSR count). The van der Waals surface area contributed by atoms with Gasteiger partial charge in [0.2, 0.25) is 0 Å². The van der Waals surface area contributed by atoms with Crippen LogP contribution >= 0.6 is 0 Å². The Balaban J connectivity index is 1.48. The van der Waals surface area contributed by atoms with Crippen molar-refractivity contribution < 1.29 is 24.2 Å². The molecule has 30 heavy (non-hydrogen) atoms. The van der Waals surface area contributed by atoms with Crippen molar-refractivity contribution in [3.63, 3.8) is 0 Å². The quantitative estimate of drug-likeness (QED) is 0.491. The highest BCUT2D eigenvalue weighted by molar-refractivity contribution is 5.90. The summed E-state index contributed by atoms with van der Waals surface area (Å²) < 4.78 is 13.3. The van der Waals surface area contributed by atoms with Gasteiger partial charge in [-0.05, 0) is 49.3 Å². The van der Waals surface area contributed by atoms with Gasteiger partial charge in [-0.3, -0.25) is 9.59 Å². The second-order valence-corrected chi connectivity index (χ2v) is 8.34. The maximum atomic E-state index is 13.3. The van der Waals surface area contributed by atoms with Gasteiger partial charge in [-0.2, -0.15) is 0 Å². The van der Waals surface area contributed by atoms with Crippen molar-refractivity contribution in [1.29, 1.82) is 0 Å². The number of anilines is 2. The Morgan fingerprint density at radius 1 is 1.23 bits per heavy atom. The molecule has 0 saturated carbocycles. The molecule has 8 nitrogen and oxygen atoms in total. The summed E-state index contributed by atoms with van der Waals surface area (Å²) in [6.07, 6.45) is -1.03. The number of aliphatic hydroxyl groups is 2. The number of hydrogen-bond acceptors (Lipinski definition) is 6. The maximum absolute atomic E-state index is 13.3. The van der Waals surface area contributed by atoms with Gasteiger partial charge < -0.3 is 31.1 Å². The zero-order valence-electron chi connectivity index (χ0n) is 17.3. The van der Waals surface area contributed by atoms with Gasteiger partial charge in [-0.15, -0.1) is 0 Å². The van der Waals surface area contributed by atoms with Gasteiger partial charge in [0.05, 0.1) is 11.4 Å². The van der Waals surface area contributed by atoms with E-state index in [1.54, 1.807) is 6.07 Å². The van der Waals surface area contributed by atoms with E-state index in [0.717, 1.165) is 24.9 Å². The van der Waals surface area contributed by atoms with E-state index in [0.29, 0.717) is 38.4 Å². The highest BCUT2D eigenvalue weighted by Crippen LogP contribution is 2.31. The summed E-state index contributed by atoms with van der Waals surface area (Å²) in [7, 11) is 0. The average molecular weight is 423 g/mol. The van der Waals surface area contributed by atoms with Crippen molar-refractivity contribution in [2.45, 2.75) is 38.4 Å². The molecule has 4 atom stereocenters. The number of rotatable bonds is 6. The number of piperidine rings is 1. The minimum atomic E-state index is -1.78. The molecular formula is C21H31FN4O4. The van der Waals surface area contributed by atoms with Gasteiger partial charge in [-0.25, -0.2) is 4.39 Å². The molecule has 2 amide bonds. The number of hydrogen-bond donors (Lipinski definition) is 4. The van der Waals surface area contributed by atoms with Crippen LogP contribution in [0.15, 0.2) is 18.2 Å². The summed E-state index contributed by atoms with van der Waals surface area (Å²) in [4.78, 5) is 28.0. The maximum Gasteiger partial charge on any atom is 0.254 e. The molecule has 1 aromatic carbocycles. The lowest BCUT2D eigenvalue weighted by Gasteiger charge is -2.39. The number of nitrogens with one attached hydrogen (secondary N) is 1. The summed E-state index contributed by atoms with van der Waals surface area (Å²) in [5.41, 5.74) is 7.13. The van der Waals surface area contributed by atoms with Crippen LogP contribution in [-0.4, -0.2) is 71.9 Å². The van der Waals surface area contributed by atoms with E-state index < -0.39 is 24.0 Å². The first-order valence-corrected chi connectivity index (χ1v) is 10.5. The number of halogens is 1. The van der Waals surface area contributed by atoms with Gasteiger partial charge >= 0.3 is 0 Å². The second kappa shape index (κ2) is 9.61. The normalized spacial score (nSPS) is 23.9. The molecule has 2 heterocycles. The second-order valence-electron chi connectivity index (χ2n) is 8.34. The topological polar surface area (TPSA) is 119 Å². The third kappa shape index (κ3) is 5.02. The molecule has 1 aromatic rings. The van der Waals surface area contributed by atoms with Gasteiger partial charge in [0.25, 0.3) is 11.8 Å². The van der Waals surface area contributed by atoms with E-state index in [1.165, 1.54) is 17.0 Å². The average Bonchev–Trinajstić information content (AvgIpc) is 3.26. The monoisotopic (exact) mass is 422 g/mol. The Morgan fingerprint density at radius 2 is 1.93 bits per heavy atom. The zero-order valence-corrected chi connectivity index (χ0v) is 17.3. The largest absolute Gasteiger partial charge is 0.397 e. The molecule has 0 bridgehead atoms. The van der Waals surface area contributed by atoms with E-state index in [2.05, 4.69) is 17.1 Å². The standard InChI is InChI=1S/C21H31FN4O4/c1-13-12-26(17-5-4-15(22)10-16(17)23)9-6-14(13)11-24-20(29)18(27)19(28)21(30)25-7-2-3-8-25/h4-5,10,13-14,18-19,27-28H,2-3,6-9,11-12,23H2,1H3,(H,24,29)/t13-,14?,18-,19-/m1/s1. The molecule has 2 saturated heterocycles. The van der Waals surface area contributed by atoms with Crippen molar-refractivity contribution in [3.05, 3.63) is 24.0 Å². The number of nitrogens with two attached hydrogens (primary N) is 1. The lowest BCUT2D eigenvalue weighted by atomic mass is 9.86. The molecule has 166 valence electrons. The van der Waals surface area contributed by atoms with Crippen molar-refractivity contribution in [2.75, 3.05) is 43.4 Å². The zero-order chi connectivity index (χ0) is 21.8. The number of carbonyl (C=O) groups excluding carboxylic acids is 2. The minimum Gasteiger partial charge on any atom is -0.397 e. The highest BCUT2D eigenvalue weighted by atomic mass is 19.1. The van der Waals surface area contributed by atoms with Crippen LogP contribution in [0.25, 0.3) is 0 Å². The Bertz CT molecular complexity index is 771. The Hall–Kier alpha value is -2.39. The molecule has 0 aliphatic carbocycles. The fourth-order valence-corrected chi connectivity index (χ4v) is 4.27. The van der Waals surface area contributed by atoms with E-state index >= 15 is 0 Å². The molecule has 5 N–H and O–H groups in total. The first-order chi connectivity index (χ1) is 14.3. The number of benzene rings is 1. The van der Waals surface area contributed by atoms with Gasteiger partial charge in [0.15, 0.2) is 12.2 Å². The Morgan fingerprint density at radius 3 is 2.57 bits per heavy atom. The van der Waals surface area contributed by atoms with E-state index in [9.17, 15) is 24.2 Å². The van der Waals surface area contributed by atoms with Crippen LogP contribution in [0.3, 0.4) is 0 Å². The van der Waals surface area contributed by atoms with Crippen molar-refractivity contribution in [1.82, 2.24) is 10.2 Å². The number of carbonyl (C=O) groups is 2. The Labute approximate surface area is 175 Å². The summed E-state index contributed by atoms with van der Waals surface area (Å²) in [6.45, 7) is 4.89. The van der Waals surface area contributed by atoms with E-state index in [-0.39, 0.29) is 17.7 Å². The molecule has 2 aliphatic rings. The highest BCUT2D eigenvalue weighted by Gasteiger charge is 2.35. The van der Waals surface area contributed by atoms with Crippen LogP contribution in [-0.2, 0) is 9.59 Å². The molecule has 0 spiro atoms. The van der Waals surface area contributed by atoms with Gasteiger partial charge in [0, 0.05) is 32.7 Å². The minimum absolute atomic E-state index is 0.172. The third-order valence-corrected chi connectivity index (χ3v) is 6.19. The predicted octanol–water partition coefficient (Wildman–Crippen LogP) is 0.331. The molecule has 2 fully saturated rings. The number of likely N-dealkylation sites (tertiary alicyclic amines) is 1. The van der Waals surface area contributed by atoms with Crippen LogP contribution in [0.1, 0.15) is 26.2 Å². The van der Waals surface area contributed by atoms with Crippen LogP contribution < -0.4 is 16.0 Å². The van der Waals surface area contributed by atoms with Crippen LogP contribution in [0.2, 0.25) is 0 Å². The molecular weight excluding hydrogens is 391 g/mol. The number of amides is 2. The summed E-state index contributed by atoms with van der Waals surface area (Å²) in [6, 6.07) is 4.37. The van der Waals surface area contributed by atoms with Crippen molar-refractivity contribution in [2.24, 2.45) is 11.8 Å². The lowest BCUT2D eigenvalue weighted by Crippen LogP contribution is -2.51. The van der Waals surface area contributed by atoms with Crippen molar-refractivity contribution >= 4 is 23.2 Å². The van der Waals surface area contributed by atoms with Gasteiger partial charge in [-0.1, -0.05) is 6.92 Å². The fourth-order valence-electron chi connectivity index (χ4n) is 4.27. The summed E-state index contributed by atoms with van der Waals surface area (Å²) in [5, 5.41) is 22.8. The first-order valence-electron chi connectivity index (χ1n) is 10.5. The predicted molar refractivity (Wildman–Crippen MR) is 111 cm³/mol. The SMILES string of the molecule is C[C@@H]1CN(c2ccc(F)cc2N)CCC1CNC(=O)[C@H](O)[C@@H](O)C(=O)N1CCCC1. The van der Waals surface area contributed by atoms with Gasteiger partial charge in [0.1, 0.15) is 5.82 Å². The Kier molecular flexibility index (Phi) is 7.14. The fraction of sp³-hybridized carbons (Fsp3) is 0.619. The molecule has 1 unspecified atom stereocenters. The number of nitrogen functional groups attached to an aromatic ring is 1. The van der Waals surface area contributed by atoms with Crippen LogP contribution in [0.4, 0.5) is 15.8 Å². The first kappa shape index (κ1) is 22.3. The smallest absolute Gasteiger partial charge is 0.254 e. The molecule has 9 heteroatoms. The van der Waals surface area contributed by atoms with Crippen LogP contribution in [0, 0.1) is 17.7 Å². The molecule has 0 aromatic heterocycles. The summed E-state index contributed by atoms with van der Waals surface area (Å²) in [5.74, 6) is -1.32. The molecule has 0 radical (unpaired) electrons.